The number of ether oxygens (including phenoxy) is 2. The topological polar surface area (TPSA) is 129 Å². The number of nitrogens with one attached hydrogen (secondary N) is 2. The molecule has 3 aromatic heterocycles. The summed E-state index contributed by atoms with van der Waals surface area (Å²) in [7, 11) is 0. The quantitative estimate of drug-likeness (QED) is 0.190. The lowest BCUT2D eigenvalue weighted by Gasteiger charge is -2.28. The van der Waals surface area contributed by atoms with Crippen LogP contribution in [0, 0.1) is 0 Å². The first-order valence-corrected chi connectivity index (χ1v) is 18.2. The number of likely N-dealkylation sites (tertiary alicyclic amines) is 1. The average molecular weight is 684 g/mol. The minimum atomic E-state index is -0.551. The lowest BCUT2D eigenvalue weighted by atomic mass is 9.79. The van der Waals surface area contributed by atoms with Crippen LogP contribution in [0.3, 0.4) is 0 Å². The Labute approximate surface area is 295 Å². The molecule has 4 heterocycles. The third kappa shape index (κ3) is 8.47. The number of rotatable bonds is 8. The molecule has 1 aromatic carbocycles. The molecule has 0 spiro atoms. The van der Waals surface area contributed by atoms with Crippen LogP contribution >= 0.6 is 0 Å². The van der Waals surface area contributed by atoms with Crippen LogP contribution < -0.4 is 0 Å². The Bertz CT molecular complexity index is 1790. The molecule has 1 aliphatic heterocycles. The van der Waals surface area contributed by atoms with Gasteiger partial charge >= 0.3 is 12.2 Å². The first kappa shape index (κ1) is 35.4. The molecular weight excluding hydrogens is 630 g/mol. The SMILES string of the molecule is CCCN(Cc1ncc(-c2ccc3nc(C4CCC(c5cnc(C6CCCN6C(=O)OC(C)(C)C)[nH]5)CC4)ccc3c2)[nH]1)C(=O)OC(C)(C)C. The van der Waals surface area contributed by atoms with Crippen molar-refractivity contribution in [2.75, 3.05) is 13.1 Å². The summed E-state index contributed by atoms with van der Waals surface area (Å²) < 4.78 is 11.3. The summed E-state index contributed by atoms with van der Waals surface area (Å²) in [5.74, 6) is 2.42. The zero-order valence-electron chi connectivity index (χ0n) is 30.7. The molecule has 1 saturated carbocycles. The number of H-pyrrole nitrogens is 2. The number of carbonyl (C=O) groups excluding carboxylic acids is 2. The molecule has 6 rings (SSSR count). The smallest absolute Gasteiger partial charge is 0.410 e. The highest BCUT2D eigenvalue weighted by atomic mass is 16.6. The van der Waals surface area contributed by atoms with Crippen molar-refractivity contribution in [2.45, 2.75) is 129 Å². The van der Waals surface area contributed by atoms with E-state index in [1.165, 1.54) is 5.69 Å². The fraction of sp³-hybridized carbons (Fsp3) is 0.564. The molecule has 4 aromatic rings. The van der Waals surface area contributed by atoms with Crippen LogP contribution in [0.1, 0.15) is 134 Å². The molecule has 1 unspecified atom stereocenters. The molecule has 2 N–H and O–H groups in total. The van der Waals surface area contributed by atoms with E-state index in [2.05, 4.69) is 45.3 Å². The number of imidazole rings is 2. The number of carbonyl (C=O) groups is 2. The number of nitrogens with zero attached hydrogens (tertiary/aromatic N) is 5. The maximum absolute atomic E-state index is 12.8. The highest BCUT2D eigenvalue weighted by Gasteiger charge is 2.35. The van der Waals surface area contributed by atoms with Gasteiger partial charge in [0.15, 0.2) is 0 Å². The molecule has 1 saturated heterocycles. The van der Waals surface area contributed by atoms with Gasteiger partial charge < -0.3 is 24.3 Å². The molecule has 11 nitrogen and oxygen atoms in total. The van der Waals surface area contributed by atoms with E-state index in [4.69, 9.17) is 19.4 Å². The molecule has 268 valence electrons. The predicted octanol–water partition coefficient (Wildman–Crippen LogP) is 9.01. The van der Waals surface area contributed by atoms with Crippen LogP contribution in [0.25, 0.3) is 22.2 Å². The molecule has 2 aliphatic rings. The van der Waals surface area contributed by atoms with Gasteiger partial charge in [-0.15, -0.1) is 0 Å². The summed E-state index contributed by atoms with van der Waals surface area (Å²) in [4.78, 5) is 50.5. The van der Waals surface area contributed by atoms with Gasteiger partial charge in [-0.05, 0) is 105 Å². The maximum Gasteiger partial charge on any atom is 0.410 e. The molecule has 2 fully saturated rings. The van der Waals surface area contributed by atoms with Gasteiger partial charge in [-0.3, -0.25) is 9.88 Å². The first-order valence-electron chi connectivity index (χ1n) is 18.2. The summed E-state index contributed by atoms with van der Waals surface area (Å²) in [5, 5.41) is 1.08. The third-order valence-electron chi connectivity index (χ3n) is 9.53. The van der Waals surface area contributed by atoms with E-state index in [9.17, 15) is 9.59 Å². The average Bonchev–Trinajstić information content (AvgIpc) is 3.84. The van der Waals surface area contributed by atoms with Crippen molar-refractivity contribution in [3.8, 4) is 11.3 Å². The van der Waals surface area contributed by atoms with Crippen molar-refractivity contribution < 1.29 is 19.1 Å². The van der Waals surface area contributed by atoms with Crippen LogP contribution in [0.2, 0.25) is 0 Å². The molecule has 11 heteroatoms. The predicted molar refractivity (Wildman–Crippen MR) is 194 cm³/mol. The summed E-state index contributed by atoms with van der Waals surface area (Å²) in [6, 6.07) is 10.6. The molecule has 50 heavy (non-hydrogen) atoms. The minimum absolute atomic E-state index is 0.0621. The summed E-state index contributed by atoms with van der Waals surface area (Å²) in [6.07, 6.45) is 10.1. The highest BCUT2D eigenvalue weighted by molar-refractivity contribution is 5.84. The fourth-order valence-corrected chi connectivity index (χ4v) is 7.16. The van der Waals surface area contributed by atoms with Crippen LogP contribution in [0.15, 0.2) is 42.7 Å². The Kier molecular flexibility index (Phi) is 10.2. The van der Waals surface area contributed by atoms with Crippen LogP contribution in [0.5, 0.6) is 0 Å². The normalized spacial score (nSPS) is 19.9. The number of fused-ring (bicyclic) bond motifs is 1. The van der Waals surface area contributed by atoms with Crippen molar-refractivity contribution in [1.29, 1.82) is 0 Å². The van der Waals surface area contributed by atoms with E-state index < -0.39 is 11.2 Å². The highest BCUT2D eigenvalue weighted by Crippen LogP contribution is 2.41. The molecule has 1 aliphatic carbocycles. The van der Waals surface area contributed by atoms with Crippen molar-refractivity contribution in [3.63, 3.8) is 0 Å². The van der Waals surface area contributed by atoms with E-state index in [0.29, 0.717) is 31.5 Å². The van der Waals surface area contributed by atoms with Gasteiger partial charge in [-0.2, -0.15) is 0 Å². The zero-order chi connectivity index (χ0) is 35.6. The Hall–Kier alpha value is -4.41. The second kappa shape index (κ2) is 14.4. The number of hydrogen-bond acceptors (Lipinski definition) is 7. The van der Waals surface area contributed by atoms with Crippen LogP contribution in [-0.2, 0) is 16.0 Å². The van der Waals surface area contributed by atoms with Crippen molar-refractivity contribution in [1.82, 2.24) is 34.7 Å². The second-order valence-corrected chi connectivity index (χ2v) is 15.9. The summed E-state index contributed by atoms with van der Waals surface area (Å²) in [5.41, 5.74) is 4.15. The van der Waals surface area contributed by atoms with Gasteiger partial charge in [0.2, 0.25) is 0 Å². The van der Waals surface area contributed by atoms with E-state index in [0.717, 1.165) is 84.4 Å². The monoisotopic (exact) mass is 683 g/mol. The standard InChI is InChI=1S/C39H53N7O4/c1-8-19-45(36(47)49-38(2,3)4)24-34-40-22-32(43-34)28-16-18-30-27(21-28)15-17-29(42-30)25-11-13-26(14-12-25)31-23-41-35(44-31)33-10-9-20-46(33)37(48)50-39(5,6)7/h15-18,21-23,25-26,33H,8-14,19-20,24H2,1-7H3,(H,40,43)(H,41,44). The molecular formula is C39H53N7O4. The first-order chi connectivity index (χ1) is 23.8. The number of aromatic amines is 2. The van der Waals surface area contributed by atoms with Gasteiger partial charge in [-0.1, -0.05) is 19.1 Å². The van der Waals surface area contributed by atoms with Crippen molar-refractivity contribution in [3.05, 3.63) is 65.8 Å². The number of amides is 2. The fourth-order valence-electron chi connectivity index (χ4n) is 7.16. The minimum Gasteiger partial charge on any atom is -0.444 e. The van der Waals surface area contributed by atoms with E-state index in [1.54, 1.807) is 4.90 Å². The van der Waals surface area contributed by atoms with Crippen LogP contribution in [0.4, 0.5) is 9.59 Å². The molecule has 1 atom stereocenters. The Morgan fingerprint density at radius 1 is 0.900 bits per heavy atom. The molecule has 0 radical (unpaired) electrons. The summed E-state index contributed by atoms with van der Waals surface area (Å²) >= 11 is 0. The molecule has 2 amide bonds. The number of benzene rings is 1. The largest absolute Gasteiger partial charge is 0.444 e. The van der Waals surface area contributed by atoms with E-state index in [1.807, 2.05) is 65.8 Å². The second-order valence-electron chi connectivity index (χ2n) is 15.9. The molecule has 0 bridgehead atoms. The zero-order valence-corrected chi connectivity index (χ0v) is 30.7. The summed E-state index contributed by atoms with van der Waals surface area (Å²) in [6.45, 7) is 15.0. The van der Waals surface area contributed by atoms with Gasteiger partial charge in [0.25, 0.3) is 0 Å². The maximum atomic E-state index is 12.8. The van der Waals surface area contributed by atoms with Gasteiger partial charge in [0.1, 0.15) is 22.9 Å². The number of hydrogen-bond donors (Lipinski definition) is 2. The number of pyridine rings is 1. The lowest BCUT2D eigenvalue weighted by Crippen LogP contribution is -2.37. The van der Waals surface area contributed by atoms with Crippen molar-refractivity contribution >= 4 is 23.1 Å². The Morgan fingerprint density at radius 2 is 1.64 bits per heavy atom. The van der Waals surface area contributed by atoms with Crippen LogP contribution in [-0.4, -0.2) is 71.2 Å². The van der Waals surface area contributed by atoms with Gasteiger partial charge in [-0.25, -0.2) is 19.6 Å². The van der Waals surface area contributed by atoms with Gasteiger partial charge in [0.05, 0.1) is 30.0 Å². The lowest BCUT2D eigenvalue weighted by molar-refractivity contribution is 0.0212. The number of aromatic nitrogens is 5. The Balaban J connectivity index is 1.06. The Morgan fingerprint density at radius 3 is 2.36 bits per heavy atom. The van der Waals surface area contributed by atoms with E-state index in [-0.39, 0.29) is 18.2 Å². The van der Waals surface area contributed by atoms with Gasteiger partial charge in [0, 0.05) is 53.5 Å². The van der Waals surface area contributed by atoms with Crippen molar-refractivity contribution in [2.24, 2.45) is 0 Å². The third-order valence-corrected chi connectivity index (χ3v) is 9.53. The van der Waals surface area contributed by atoms with E-state index >= 15 is 0 Å².